The van der Waals surface area contributed by atoms with Gasteiger partial charge in [-0.15, -0.1) is 0 Å². The van der Waals surface area contributed by atoms with Crippen molar-refractivity contribution in [3.63, 3.8) is 0 Å². The maximum atomic E-state index is 13.0. The first kappa shape index (κ1) is 12.8. The van der Waals surface area contributed by atoms with E-state index in [1.807, 2.05) is 33.2 Å². The predicted molar refractivity (Wildman–Crippen MR) is 69.6 cm³/mol. The molecule has 96 valence electrons. The summed E-state index contributed by atoms with van der Waals surface area (Å²) >= 11 is 0. The lowest BCUT2D eigenvalue weighted by molar-refractivity contribution is 0.409. The standard InChI is InChI=1S/C14H18FN3/c1-14(2,10-4-6-11(15)7-5-10)13(16)12-8-9-18(3)17-12/h4-9,13H,16H2,1-3H3. The second kappa shape index (κ2) is 4.53. The third kappa shape index (κ3) is 2.29. The summed E-state index contributed by atoms with van der Waals surface area (Å²) in [4.78, 5) is 0. The van der Waals surface area contributed by atoms with Crippen molar-refractivity contribution in [3.05, 3.63) is 53.6 Å². The number of aromatic nitrogens is 2. The van der Waals surface area contributed by atoms with Crippen LogP contribution in [-0.2, 0) is 12.5 Å². The van der Waals surface area contributed by atoms with Crippen LogP contribution < -0.4 is 5.73 Å². The molecule has 2 N–H and O–H groups in total. The Balaban J connectivity index is 2.32. The van der Waals surface area contributed by atoms with Crippen LogP contribution in [0.1, 0.15) is 31.1 Å². The summed E-state index contributed by atoms with van der Waals surface area (Å²) in [5.41, 5.74) is 7.82. The summed E-state index contributed by atoms with van der Waals surface area (Å²) in [5, 5.41) is 4.34. The van der Waals surface area contributed by atoms with Gasteiger partial charge in [0.05, 0.1) is 11.7 Å². The van der Waals surface area contributed by atoms with Gasteiger partial charge >= 0.3 is 0 Å². The van der Waals surface area contributed by atoms with Crippen LogP contribution in [0, 0.1) is 5.82 Å². The third-order valence-corrected chi connectivity index (χ3v) is 3.42. The minimum atomic E-state index is -0.304. The highest BCUT2D eigenvalue weighted by Crippen LogP contribution is 2.34. The molecule has 2 rings (SSSR count). The highest BCUT2D eigenvalue weighted by molar-refractivity contribution is 5.29. The molecule has 2 aromatic rings. The topological polar surface area (TPSA) is 43.8 Å². The Morgan fingerprint density at radius 3 is 2.33 bits per heavy atom. The van der Waals surface area contributed by atoms with Crippen LogP contribution in [-0.4, -0.2) is 9.78 Å². The first-order valence-corrected chi connectivity index (χ1v) is 5.92. The average Bonchev–Trinajstić information content (AvgIpc) is 2.75. The van der Waals surface area contributed by atoms with E-state index in [2.05, 4.69) is 5.10 Å². The molecule has 0 radical (unpaired) electrons. The average molecular weight is 247 g/mol. The Labute approximate surface area is 106 Å². The molecule has 0 aliphatic heterocycles. The molecular weight excluding hydrogens is 229 g/mol. The molecule has 0 fully saturated rings. The summed E-state index contributed by atoms with van der Waals surface area (Å²) in [5.74, 6) is -0.235. The fourth-order valence-electron chi connectivity index (χ4n) is 2.03. The van der Waals surface area contributed by atoms with E-state index < -0.39 is 0 Å². The van der Waals surface area contributed by atoms with Crippen molar-refractivity contribution in [1.29, 1.82) is 0 Å². The smallest absolute Gasteiger partial charge is 0.123 e. The Morgan fingerprint density at radius 2 is 1.83 bits per heavy atom. The van der Waals surface area contributed by atoms with Crippen molar-refractivity contribution in [2.75, 3.05) is 0 Å². The second-order valence-corrected chi connectivity index (χ2v) is 5.12. The van der Waals surface area contributed by atoms with E-state index in [0.717, 1.165) is 11.3 Å². The van der Waals surface area contributed by atoms with Crippen LogP contribution >= 0.6 is 0 Å². The largest absolute Gasteiger partial charge is 0.322 e. The quantitative estimate of drug-likeness (QED) is 0.905. The van der Waals surface area contributed by atoms with Gasteiger partial charge in [-0.1, -0.05) is 26.0 Å². The minimum absolute atomic E-state index is 0.232. The summed E-state index contributed by atoms with van der Waals surface area (Å²) in [6.45, 7) is 4.08. The zero-order valence-electron chi connectivity index (χ0n) is 10.9. The molecule has 1 heterocycles. The molecule has 4 heteroatoms. The van der Waals surface area contributed by atoms with Crippen LogP contribution in [0.5, 0.6) is 0 Å². The van der Waals surface area contributed by atoms with E-state index in [-0.39, 0.29) is 17.3 Å². The van der Waals surface area contributed by atoms with Crippen LogP contribution in [0.15, 0.2) is 36.5 Å². The monoisotopic (exact) mass is 247 g/mol. The molecular formula is C14H18FN3. The van der Waals surface area contributed by atoms with E-state index in [0.29, 0.717) is 0 Å². The van der Waals surface area contributed by atoms with Gasteiger partial charge in [-0.05, 0) is 23.8 Å². The van der Waals surface area contributed by atoms with Crippen molar-refractivity contribution in [2.24, 2.45) is 12.8 Å². The van der Waals surface area contributed by atoms with E-state index in [1.165, 1.54) is 12.1 Å². The SMILES string of the molecule is Cn1ccc(C(N)C(C)(C)c2ccc(F)cc2)n1. The molecule has 1 aromatic heterocycles. The summed E-state index contributed by atoms with van der Waals surface area (Å²) in [6.07, 6.45) is 1.87. The number of nitrogens with zero attached hydrogens (tertiary/aromatic N) is 2. The van der Waals surface area contributed by atoms with Gasteiger partial charge in [-0.25, -0.2) is 4.39 Å². The molecule has 0 spiro atoms. The Morgan fingerprint density at radius 1 is 1.22 bits per heavy atom. The molecule has 1 atom stereocenters. The van der Waals surface area contributed by atoms with E-state index in [1.54, 1.807) is 16.8 Å². The van der Waals surface area contributed by atoms with Gasteiger partial charge in [0.25, 0.3) is 0 Å². The number of hydrogen-bond acceptors (Lipinski definition) is 2. The normalized spacial score (nSPS) is 13.6. The van der Waals surface area contributed by atoms with Crippen LogP contribution in [0.3, 0.4) is 0 Å². The Hall–Kier alpha value is -1.68. The van der Waals surface area contributed by atoms with Crippen molar-refractivity contribution < 1.29 is 4.39 Å². The minimum Gasteiger partial charge on any atom is -0.322 e. The number of nitrogens with two attached hydrogens (primary N) is 1. The molecule has 0 saturated carbocycles. The maximum Gasteiger partial charge on any atom is 0.123 e. The number of hydrogen-bond donors (Lipinski definition) is 1. The number of rotatable bonds is 3. The lowest BCUT2D eigenvalue weighted by Crippen LogP contribution is -2.33. The molecule has 1 aromatic carbocycles. The van der Waals surface area contributed by atoms with Crippen LogP contribution in [0.2, 0.25) is 0 Å². The molecule has 0 aliphatic rings. The lowest BCUT2D eigenvalue weighted by atomic mass is 9.77. The van der Waals surface area contributed by atoms with Gasteiger partial charge in [0, 0.05) is 18.7 Å². The molecule has 0 saturated heterocycles. The molecule has 18 heavy (non-hydrogen) atoms. The van der Waals surface area contributed by atoms with Gasteiger partial charge in [0.15, 0.2) is 0 Å². The molecule has 0 bridgehead atoms. The van der Waals surface area contributed by atoms with Gasteiger partial charge in [-0.2, -0.15) is 5.10 Å². The fourth-order valence-corrected chi connectivity index (χ4v) is 2.03. The van der Waals surface area contributed by atoms with Gasteiger partial charge in [0.2, 0.25) is 0 Å². The lowest BCUT2D eigenvalue weighted by Gasteiger charge is -2.31. The first-order valence-electron chi connectivity index (χ1n) is 5.92. The maximum absolute atomic E-state index is 13.0. The van der Waals surface area contributed by atoms with Crippen LogP contribution in [0.25, 0.3) is 0 Å². The van der Waals surface area contributed by atoms with E-state index in [4.69, 9.17) is 5.73 Å². The Kier molecular flexibility index (Phi) is 3.22. The predicted octanol–water partition coefficient (Wildman–Crippen LogP) is 2.54. The summed E-state index contributed by atoms with van der Waals surface area (Å²) < 4.78 is 14.7. The zero-order valence-corrected chi connectivity index (χ0v) is 10.9. The van der Waals surface area contributed by atoms with Gasteiger partial charge in [0.1, 0.15) is 5.82 Å². The number of halogens is 1. The number of aryl methyl sites for hydroxylation is 1. The molecule has 0 amide bonds. The summed E-state index contributed by atoms with van der Waals surface area (Å²) in [7, 11) is 1.86. The van der Waals surface area contributed by atoms with Gasteiger partial charge in [-0.3, -0.25) is 4.68 Å². The molecule has 0 aliphatic carbocycles. The van der Waals surface area contributed by atoms with Crippen molar-refractivity contribution in [3.8, 4) is 0 Å². The Bertz CT molecular complexity index is 528. The van der Waals surface area contributed by atoms with E-state index in [9.17, 15) is 4.39 Å². The van der Waals surface area contributed by atoms with Gasteiger partial charge < -0.3 is 5.73 Å². The van der Waals surface area contributed by atoms with Crippen LogP contribution in [0.4, 0.5) is 4.39 Å². The zero-order chi connectivity index (χ0) is 13.3. The number of benzene rings is 1. The van der Waals surface area contributed by atoms with E-state index >= 15 is 0 Å². The summed E-state index contributed by atoms with van der Waals surface area (Å²) in [6, 6.07) is 8.15. The van der Waals surface area contributed by atoms with Crippen molar-refractivity contribution >= 4 is 0 Å². The fraction of sp³-hybridized carbons (Fsp3) is 0.357. The van der Waals surface area contributed by atoms with Crippen molar-refractivity contribution in [1.82, 2.24) is 9.78 Å². The highest BCUT2D eigenvalue weighted by atomic mass is 19.1. The highest BCUT2D eigenvalue weighted by Gasteiger charge is 2.31. The van der Waals surface area contributed by atoms with Crippen molar-refractivity contribution in [2.45, 2.75) is 25.3 Å². The first-order chi connectivity index (χ1) is 8.41. The second-order valence-electron chi connectivity index (χ2n) is 5.12. The molecule has 3 nitrogen and oxygen atoms in total. The third-order valence-electron chi connectivity index (χ3n) is 3.42. The molecule has 1 unspecified atom stereocenters.